The lowest BCUT2D eigenvalue weighted by Crippen LogP contribution is -2.39. The quantitative estimate of drug-likeness (QED) is 0.238. The standard InChI is InChI=1S/C52H57N/c1-52(2)47-20-12-19-44(38-15-8-4-9-16-38)50(47)45-31-32-48(49(51(45)52)40-17-10-5-11-18-40)53(42-27-23-37(24-28-42)36-13-6-3-7-14-36)43-29-25-39(26-30-43)46-34-35-21-22-41(46)33-35/h4-5,8-10,12,15-17,19-20,23-29,31-32,35-36,41,43,45-46,51H,3,6-7,11,13-14,18,21-22,30,33-34H2,1-2H3. The molecule has 3 aromatic rings. The van der Waals surface area contributed by atoms with E-state index in [0.717, 1.165) is 37.0 Å². The molecule has 1 heteroatoms. The summed E-state index contributed by atoms with van der Waals surface area (Å²) in [5, 5.41) is 0. The number of allylic oxidation sites excluding steroid dienone is 9. The summed E-state index contributed by atoms with van der Waals surface area (Å²) in [6, 6.07) is 28.5. The fraction of sp³-hybridized carbons (Fsp3) is 0.423. The van der Waals surface area contributed by atoms with Crippen LogP contribution >= 0.6 is 0 Å². The molecule has 3 saturated carbocycles. The van der Waals surface area contributed by atoms with E-state index in [1.54, 1.807) is 16.7 Å². The predicted molar refractivity (Wildman–Crippen MR) is 223 cm³/mol. The van der Waals surface area contributed by atoms with Crippen LogP contribution in [0.1, 0.15) is 119 Å². The Hall–Kier alpha value is -4.10. The lowest BCUT2D eigenvalue weighted by Gasteiger charge is -2.43. The maximum Gasteiger partial charge on any atom is 0.0560 e. The fourth-order valence-electron chi connectivity index (χ4n) is 12.3. The molecule has 0 spiro atoms. The van der Waals surface area contributed by atoms with Gasteiger partial charge in [0.15, 0.2) is 0 Å². The zero-order chi connectivity index (χ0) is 35.5. The molecule has 6 unspecified atom stereocenters. The van der Waals surface area contributed by atoms with Crippen molar-refractivity contribution in [1.82, 2.24) is 0 Å². The molecular formula is C52H57N. The molecule has 7 aliphatic rings. The first-order valence-corrected chi connectivity index (χ1v) is 21.3. The average Bonchev–Trinajstić information content (AvgIpc) is 3.92. The monoisotopic (exact) mass is 695 g/mol. The van der Waals surface area contributed by atoms with E-state index in [1.807, 2.05) is 0 Å². The molecule has 0 amide bonds. The van der Waals surface area contributed by atoms with E-state index < -0.39 is 0 Å². The minimum atomic E-state index is -0.0219. The summed E-state index contributed by atoms with van der Waals surface area (Å²) in [5.74, 6) is 4.09. The first-order valence-electron chi connectivity index (χ1n) is 21.3. The second-order valence-electron chi connectivity index (χ2n) is 18.1. The Bertz CT molecular complexity index is 2040. The van der Waals surface area contributed by atoms with Gasteiger partial charge in [-0.3, -0.25) is 0 Å². The van der Waals surface area contributed by atoms with Crippen molar-refractivity contribution in [3.8, 4) is 11.1 Å². The molecule has 0 radical (unpaired) electrons. The van der Waals surface area contributed by atoms with E-state index >= 15 is 0 Å². The highest BCUT2D eigenvalue weighted by Gasteiger charge is 2.51. The smallest absolute Gasteiger partial charge is 0.0560 e. The van der Waals surface area contributed by atoms with Crippen LogP contribution in [-0.2, 0) is 5.41 Å². The summed E-state index contributed by atoms with van der Waals surface area (Å²) in [6.07, 6.45) is 36.0. The third-order valence-electron chi connectivity index (χ3n) is 14.9. The summed E-state index contributed by atoms with van der Waals surface area (Å²) in [7, 11) is 0. The Morgan fingerprint density at radius 3 is 2.34 bits per heavy atom. The van der Waals surface area contributed by atoms with Crippen LogP contribution in [0, 0.1) is 23.7 Å². The van der Waals surface area contributed by atoms with Crippen molar-refractivity contribution in [2.45, 2.75) is 114 Å². The second-order valence-corrected chi connectivity index (χ2v) is 18.1. The number of hydrogen-bond acceptors (Lipinski definition) is 1. The summed E-state index contributed by atoms with van der Waals surface area (Å²) in [6.45, 7) is 5.07. The summed E-state index contributed by atoms with van der Waals surface area (Å²) in [4.78, 5) is 2.77. The molecule has 1 nitrogen and oxygen atoms in total. The highest BCUT2D eigenvalue weighted by atomic mass is 15.2. The van der Waals surface area contributed by atoms with Gasteiger partial charge in [0, 0.05) is 23.2 Å². The lowest BCUT2D eigenvalue weighted by molar-refractivity contribution is 0.373. The van der Waals surface area contributed by atoms with Crippen molar-refractivity contribution < 1.29 is 0 Å². The fourth-order valence-corrected chi connectivity index (χ4v) is 12.3. The zero-order valence-electron chi connectivity index (χ0n) is 32.0. The van der Waals surface area contributed by atoms with Crippen LogP contribution in [0.25, 0.3) is 11.1 Å². The predicted octanol–water partition coefficient (Wildman–Crippen LogP) is 13.7. The van der Waals surface area contributed by atoms with E-state index in [-0.39, 0.29) is 11.5 Å². The number of rotatable bonds is 7. The Morgan fingerprint density at radius 2 is 1.62 bits per heavy atom. The third kappa shape index (κ3) is 5.80. The van der Waals surface area contributed by atoms with Crippen LogP contribution in [0.4, 0.5) is 5.69 Å². The van der Waals surface area contributed by atoms with Gasteiger partial charge in [-0.1, -0.05) is 143 Å². The SMILES string of the molecule is CC1(C)c2cccc(-c3ccccc3)c2C2C=CC(N(c3ccc(C4CCCCC4)cc3)C3C=CC(C4CC5CCC4C5)=CC3)=C(C3=CC=CCC3)C21. The van der Waals surface area contributed by atoms with Gasteiger partial charge in [-0.2, -0.15) is 0 Å². The minimum Gasteiger partial charge on any atom is -0.334 e. The number of anilines is 1. The molecule has 3 fully saturated rings. The molecule has 0 N–H and O–H groups in total. The topological polar surface area (TPSA) is 3.24 Å². The molecular weight excluding hydrogens is 639 g/mol. The first kappa shape index (κ1) is 33.5. The highest BCUT2D eigenvalue weighted by Crippen LogP contribution is 2.60. The molecule has 3 aromatic carbocycles. The van der Waals surface area contributed by atoms with Crippen molar-refractivity contribution in [3.63, 3.8) is 0 Å². The van der Waals surface area contributed by atoms with Crippen molar-refractivity contribution >= 4 is 5.69 Å². The van der Waals surface area contributed by atoms with Gasteiger partial charge in [-0.05, 0) is 143 Å². The molecule has 0 aromatic heterocycles. The minimum absolute atomic E-state index is 0.0219. The summed E-state index contributed by atoms with van der Waals surface area (Å²) in [5.41, 5.74) is 14.8. The molecule has 0 heterocycles. The van der Waals surface area contributed by atoms with Crippen LogP contribution in [0.2, 0.25) is 0 Å². The van der Waals surface area contributed by atoms with Gasteiger partial charge in [-0.15, -0.1) is 0 Å². The van der Waals surface area contributed by atoms with Crippen molar-refractivity contribution in [2.75, 3.05) is 4.90 Å². The number of hydrogen-bond donors (Lipinski definition) is 0. The van der Waals surface area contributed by atoms with Gasteiger partial charge < -0.3 is 4.90 Å². The summed E-state index contributed by atoms with van der Waals surface area (Å²) >= 11 is 0. The van der Waals surface area contributed by atoms with Crippen LogP contribution < -0.4 is 4.90 Å². The summed E-state index contributed by atoms with van der Waals surface area (Å²) < 4.78 is 0. The van der Waals surface area contributed by atoms with Gasteiger partial charge in [0.05, 0.1) is 6.04 Å². The number of nitrogens with zero attached hydrogens (tertiary/aromatic N) is 1. The van der Waals surface area contributed by atoms with E-state index in [1.165, 1.54) is 97.0 Å². The number of benzene rings is 3. The van der Waals surface area contributed by atoms with E-state index in [2.05, 4.69) is 140 Å². The first-order chi connectivity index (χ1) is 26.0. The van der Waals surface area contributed by atoms with E-state index in [4.69, 9.17) is 0 Å². The Balaban J connectivity index is 1.10. The van der Waals surface area contributed by atoms with Gasteiger partial charge >= 0.3 is 0 Å². The van der Waals surface area contributed by atoms with Gasteiger partial charge in [0.2, 0.25) is 0 Å². The molecule has 10 rings (SSSR count). The van der Waals surface area contributed by atoms with Crippen molar-refractivity contribution in [3.05, 3.63) is 161 Å². The second kappa shape index (κ2) is 13.6. The average molecular weight is 696 g/mol. The normalized spacial score (nSPS) is 29.9. The van der Waals surface area contributed by atoms with Crippen LogP contribution in [0.5, 0.6) is 0 Å². The molecule has 2 bridgehead atoms. The zero-order valence-corrected chi connectivity index (χ0v) is 32.0. The maximum atomic E-state index is 2.77. The lowest BCUT2D eigenvalue weighted by atomic mass is 9.66. The van der Waals surface area contributed by atoms with Crippen molar-refractivity contribution in [2.24, 2.45) is 23.7 Å². The van der Waals surface area contributed by atoms with Gasteiger partial charge in [0.1, 0.15) is 0 Å². The Kier molecular flexibility index (Phi) is 8.61. The van der Waals surface area contributed by atoms with Crippen LogP contribution in [0.3, 0.4) is 0 Å². The molecule has 6 atom stereocenters. The van der Waals surface area contributed by atoms with Crippen LogP contribution in [-0.4, -0.2) is 6.04 Å². The Morgan fingerprint density at radius 1 is 0.774 bits per heavy atom. The molecule has 0 saturated heterocycles. The largest absolute Gasteiger partial charge is 0.334 e. The van der Waals surface area contributed by atoms with E-state index in [0.29, 0.717) is 17.8 Å². The third-order valence-corrected chi connectivity index (χ3v) is 14.9. The van der Waals surface area contributed by atoms with E-state index in [9.17, 15) is 0 Å². The number of fused-ring (bicyclic) bond motifs is 5. The maximum absolute atomic E-state index is 2.77. The molecule has 7 aliphatic carbocycles. The molecule has 0 aliphatic heterocycles. The Labute approximate surface area is 319 Å². The van der Waals surface area contributed by atoms with Gasteiger partial charge in [0.25, 0.3) is 0 Å². The van der Waals surface area contributed by atoms with Crippen molar-refractivity contribution in [1.29, 1.82) is 0 Å². The highest BCUT2D eigenvalue weighted by molar-refractivity contribution is 5.75. The van der Waals surface area contributed by atoms with Gasteiger partial charge in [-0.25, -0.2) is 0 Å². The molecule has 53 heavy (non-hydrogen) atoms. The van der Waals surface area contributed by atoms with Crippen LogP contribution in [0.15, 0.2) is 144 Å². The molecule has 270 valence electrons.